The maximum atomic E-state index is 12.7. The van der Waals surface area contributed by atoms with Crippen LogP contribution in [0.25, 0.3) is 0 Å². The van der Waals surface area contributed by atoms with Crippen molar-refractivity contribution in [3.8, 4) is 0 Å². The quantitative estimate of drug-likeness (QED) is 0.814. The van der Waals surface area contributed by atoms with E-state index in [1.165, 1.54) is 4.88 Å². The average molecular weight is 373 g/mol. The summed E-state index contributed by atoms with van der Waals surface area (Å²) < 4.78 is 1.70. The second-order valence-electron chi connectivity index (χ2n) is 7.22. The number of likely N-dealkylation sites (tertiary alicyclic amines) is 1. The molecule has 1 atom stereocenters. The summed E-state index contributed by atoms with van der Waals surface area (Å²) in [6, 6.07) is 4.21. The smallest absolute Gasteiger partial charge is 0.246 e. The minimum absolute atomic E-state index is 0.0258. The van der Waals surface area contributed by atoms with Gasteiger partial charge in [-0.15, -0.1) is 11.3 Å². The normalized spacial score (nSPS) is 24.0. The van der Waals surface area contributed by atoms with Crippen LogP contribution in [0.4, 0.5) is 5.69 Å². The first-order chi connectivity index (χ1) is 12.5. The Morgan fingerprint density at radius 2 is 2.23 bits per heavy atom. The van der Waals surface area contributed by atoms with Gasteiger partial charge in [0.2, 0.25) is 11.8 Å². The highest BCUT2D eigenvalue weighted by Crippen LogP contribution is 2.35. The van der Waals surface area contributed by atoms with Gasteiger partial charge in [-0.3, -0.25) is 19.2 Å². The predicted molar refractivity (Wildman–Crippen MR) is 99.9 cm³/mol. The van der Waals surface area contributed by atoms with Crippen LogP contribution in [0, 0.1) is 0 Å². The molecule has 4 rings (SSSR count). The van der Waals surface area contributed by atoms with Crippen LogP contribution in [0.5, 0.6) is 0 Å². The highest BCUT2D eigenvalue weighted by atomic mass is 32.1. The zero-order valence-corrected chi connectivity index (χ0v) is 15.9. The van der Waals surface area contributed by atoms with Crippen LogP contribution in [0.15, 0.2) is 29.9 Å². The number of thiophene rings is 1. The molecule has 0 saturated carbocycles. The van der Waals surface area contributed by atoms with E-state index in [9.17, 15) is 9.59 Å². The van der Waals surface area contributed by atoms with Crippen LogP contribution < -0.4 is 4.90 Å². The largest absolute Gasteiger partial charge is 0.325 e. The molecule has 2 aromatic rings. The molecule has 1 spiro atoms. The van der Waals surface area contributed by atoms with Gasteiger partial charge in [0.25, 0.3) is 0 Å². The fourth-order valence-corrected chi connectivity index (χ4v) is 4.88. The highest BCUT2D eigenvalue weighted by Gasteiger charge is 2.50. The average Bonchev–Trinajstić information content (AvgIpc) is 3.33. The number of piperazine rings is 1. The number of aryl methyl sites for hydroxylation is 1. The predicted octanol–water partition coefficient (Wildman–Crippen LogP) is 1.32. The minimum atomic E-state index is -0.327. The monoisotopic (exact) mass is 373 g/mol. The third kappa shape index (κ3) is 3.03. The van der Waals surface area contributed by atoms with Crippen molar-refractivity contribution in [2.45, 2.75) is 25.4 Å². The van der Waals surface area contributed by atoms with Crippen molar-refractivity contribution in [3.63, 3.8) is 0 Å². The molecule has 0 aromatic carbocycles. The van der Waals surface area contributed by atoms with Crippen LogP contribution in [-0.2, 0) is 23.2 Å². The fraction of sp³-hybridized carbons (Fsp3) is 0.500. The van der Waals surface area contributed by atoms with Crippen LogP contribution in [-0.4, -0.2) is 63.1 Å². The van der Waals surface area contributed by atoms with E-state index in [4.69, 9.17) is 0 Å². The topological polar surface area (TPSA) is 61.7 Å². The molecule has 138 valence electrons. The van der Waals surface area contributed by atoms with Gasteiger partial charge in [0.1, 0.15) is 6.54 Å². The second kappa shape index (κ2) is 6.51. The number of aromatic nitrogens is 2. The number of anilines is 1. The Bertz CT molecular complexity index is 817. The van der Waals surface area contributed by atoms with Crippen LogP contribution in [0.1, 0.15) is 18.2 Å². The third-order valence-electron chi connectivity index (χ3n) is 5.37. The van der Waals surface area contributed by atoms with Gasteiger partial charge in [-0.05, 0) is 17.9 Å². The lowest BCUT2D eigenvalue weighted by molar-refractivity contribution is -0.142. The molecule has 0 N–H and O–H groups in total. The summed E-state index contributed by atoms with van der Waals surface area (Å²) in [7, 11) is 1.84. The van der Waals surface area contributed by atoms with E-state index in [-0.39, 0.29) is 23.9 Å². The molecule has 26 heavy (non-hydrogen) atoms. The summed E-state index contributed by atoms with van der Waals surface area (Å²) in [4.78, 5) is 32.3. The Morgan fingerprint density at radius 1 is 1.38 bits per heavy atom. The molecule has 0 radical (unpaired) electrons. The van der Waals surface area contributed by atoms with Gasteiger partial charge in [-0.1, -0.05) is 6.07 Å². The number of carbonyl (C=O) groups is 2. The number of hydrogen-bond donors (Lipinski definition) is 0. The van der Waals surface area contributed by atoms with Gasteiger partial charge in [-0.25, -0.2) is 0 Å². The molecule has 2 aliphatic heterocycles. The molecular weight excluding hydrogens is 350 g/mol. The Hall–Kier alpha value is -2.19. The van der Waals surface area contributed by atoms with E-state index in [1.807, 2.05) is 13.2 Å². The van der Waals surface area contributed by atoms with Gasteiger partial charge < -0.3 is 9.80 Å². The minimum Gasteiger partial charge on any atom is -0.325 e. The van der Waals surface area contributed by atoms with E-state index >= 15 is 0 Å². The van der Waals surface area contributed by atoms with Crippen molar-refractivity contribution in [2.75, 3.05) is 31.1 Å². The molecule has 2 saturated heterocycles. The van der Waals surface area contributed by atoms with Gasteiger partial charge in [0.05, 0.1) is 24.0 Å². The van der Waals surface area contributed by atoms with E-state index in [1.54, 1.807) is 38.9 Å². The third-order valence-corrected chi connectivity index (χ3v) is 6.23. The van der Waals surface area contributed by atoms with Crippen molar-refractivity contribution in [1.82, 2.24) is 19.6 Å². The lowest BCUT2D eigenvalue weighted by Gasteiger charge is -2.48. The number of amides is 2. The number of nitrogens with zero attached hydrogens (tertiary/aromatic N) is 5. The van der Waals surface area contributed by atoms with Crippen molar-refractivity contribution in [1.29, 1.82) is 0 Å². The maximum absolute atomic E-state index is 12.7. The van der Waals surface area contributed by atoms with Crippen molar-refractivity contribution in [2.24, 2.45) is 7.05 Å². The molecule has 2 fully saturated rings. The summed E-state index contributed by atoms with van der Waals surface area (Å²) in [5.74, 6) is -0.0716. The zero-order chi connectivity index (χ0) is 18.3. The van der Waals surface area contributed by atoms with Crippen LogP contribution in [0.3, 0.4) is 0 Å². The Balaban J connectivity index is 1.58. The summed E-state index contributed by atoms with van der Waals surface area (Å²) >= 11 is 1.75. The molecule has 0 unspecified atom stereocenters. The first kappa shape index (κ1) is 17.2. The summed E-state index contributed by atoms with van der Waals surface area (Å²) in [6.45, 7) is 4.84. The molecule has 4 heterocycles. The standard InChI is InChI=1S/C18H23N5O2S/c1-14(24)23-11-17(25)22(15-8-19-20(2)9-15)13-18(23)5-6-21(12-18)10-16-4-3-7-26-16/h3-4,7-9H,5-6,10-13H2,1-2H3/t18-/m1/s1. The van der Waals surface area contributed by atoms with E-state index < -0.39 is 0 Å². The molecule has 0 bridgehead atoms. The number of carbonyl (C=O) groups excluding carboxylic acids is 2. The van der Waals surface area contributed by atoms with Gasteiger partial charge in [-0.2, -0.15) is 5.10 Å². The molecule has 8 heteroatoms. The fourth-order valence-electron chi connectivity index (χ4n) is 4.13. The molecule has 7 nitrogen and oxygen atoms in total. The van der Waals surface area contributed by atoms with Crippen molar-refractivity contribution < 1.29 is 9.59 Å². The van der Waals surface area contributed by atoms with E-state index in [0.29, 0.717) is 6.54 Å². The SMILES string of the molecule is CC(=O)N1CC(=O)N(c2cnn(C)c2)C[C@]12CCN(Cc1cccs1)C2. The maximum Gasteiger partial charge on any atom is 0.246 e. The Morgan fingerprint density at radius 3 is 2.88 bits per heavy atom. The zero-order valence-electron chi connectivity index (χ0n) is 15.1. The van der Waals surface area contributed by atoms with Crippen LogP contribution in [0.2, 0.25) is 0 Å². The lowest BCUT2D eigenvalue weighted by atomic mass is 9.92. The summed E-state index contributed by atoms with van der Waals surface area (Å²) in [5, 5.41) is 6.28. The molecule has 0 aliphatic carbocycles. The van der Waals surface area contributed by atoms with Gasteiger partial charge in [0, 0.05) is 44.7 Å². The summed E-state index contributed by atoms with van der Waals surface area (Å²) in [6.07, 6.45) is 4.45. The molecule has 2 aliphatic rings. The first-order valence-electron chi connectivity index (χ1n) is 8.79. The Kier molecular flexibility index (Phi) is 4.32. The van der Waals surface area contributed by atoms with Crippen molar-refractivity contribution >= 4 is 28.8 Å². The summed E-state index contributed by atoms with van der Waals surface area (Å²) in [5.41, 5.74) is 0.476. The molecular formula is C18H23N5O2S. The number of hydrogen-bond acceptors (Lipinski definition) is 5. The molecule has 2 amide bonds. The van der Waals surface area contributed by atoms with Gasteiger partial charge >= 0.3 is 0 Å². The molecule has 2 aromatic heterocycles. The van der Waals surface area contributed by atoms with E-state index in [2.05, 4.69) is 27.5 Å². The van der Waals surface area contributed by atoms with Gasteiger partial charge in [0.15, 0.2) is 0 Å². The van der Waals surface area contributed by atoms with Crippen LogP contribution >= 0.6 is 11.3 Å². The van der Waals surface area contributed by atoms with E-state index in [0.717, 1.165) is 31.7 Å². The first-order valence-corrected chi connectivity index (χ1v) is 9.67. The lowest BCUT2D eigenvalue weighted by Crippen LogP contribution is -2.66. The number of rotatable bonds is 3. The van der Waals surface area contributed by atoms with Crippen molar-refractivity contribution in [3.05, 3.63) is 34.8 Å². The second-order valence-corrected chi connectivity index (χ2v) is 8.25. The Labute approximate surface area is 156 Å². The highest BCUT2D eigenvalue weighted by molar-refractivity contribution is 7.09.